The molecule has 0 saturated heterocycles. The van der Waals surface area contributed by atoms with Crippen molar-refractivity contribution in [3.8, 4) is 0 Å². The predicted molar refractivity (Wildman–Crippen MR) is 220 cm³/mol. The fourth-order valence-electron chi connectivity index (χ4n) is 1.66. The molecule has 0 unspecified atom stereocenters. The van der Waals surface area contributed by atoms with E-state index in [4.69, 9.17) is 10.8 Å². The molecule has 0 aromatic heterocycles. The number of hydrogen-bond donors (Lipinski definition) is 6. The number of thiocarbonyl (C=S) groups is 2. The molecule has 0 amide bonds. The summed E-state index contributed by atoms with van der Waals surface area (Å²) >= 11 is 20.5. The van der Waals surface area contributed by atoms with Crippen molar-refractivity contribution >= 4 is 87.9 Å². The molecule has 0 bridgehead atoms. The summed E-state index contributed by atoms with van der Waals surface area (Å²) in [5, 5.41) is 67.8. The van der Waals surface area contributed by atoms with Crippen LogP contribution in [0.1, 0.15) is 83.1 Å². The van der Waals surface area contributed by atoms with Gasteiger partial charge in [-0.2, -0.15) is 50.3 Å². The van der Waals surface area contributed by atoms with Gasteiger partial charge < -0.3 is 41.5 Å². The molecule has 0 aromatic rings. The summed E-state index contributed by atoms with van der Waals surface area (Å²) in [4.78, 5) is 0. The molecule has 0 fully saturated rings. The second kappa shape index (κ2) is 62.2. The van der Waals surface area contributed by atoms with Crippen LogP contribution in [0.15, 0.2) is 62.0 Å². The van der Waals surface area contributed by atoms with E-state index in [1.807, 2.05) is 0 Å². The Morgan fingerprint density at radius 3 is 0.600 bits per heavy atom. The van der Waals surface area contributed by atoms with Crippen LogP contribution in [0.3, 0.4) is 0 Å². The first-order valence-corrected chi connectivity index (χ1v) is 33.8. The summed E-state index contributed by atoms with van der Waals surface area (Å²) in [6.45, 7) is 21.6. The fraction of sp³-hybridized carbons (Fsp3) is 0.600. The summed E-state index contributed by atoms with van der Waals surface area (Å²) in [5.41, 5.74) is 15.3. The molecular formula is C20H48Br4N26Pt3S2. The van der Waals surface area contributed by atoms with Crippen LogP contribution in [-0.2, 0) is 50.0 Å². The Balaban J connectivity index is -0.0000000785. The summed E-state index contributed by atoms with van der Waals surface area (Å²) < 4.78 is 0. The van der Waals surface area contributed by atoms with Gasteiger partial charge in [0, 0.05) is 0 Å². The first kappa shape index (κ1) is 71.7. The van der Waals surface area contributed by atoms with E-state index >= 15 is 0 Å². The Morgan fingerprint density at radius 1 is 0.455 bits per heavy atom. The van der Waals surface area contributed by atoms with E-state index in [-0.39, 0.29) is 72.2 Å². The van der Waals surface area contributed by atoms with Gasteiger partial charge in [-0.15, -0.1) is 0 Å². The third-order valence-electron chi connectivity index (χ3n) is 2.89. The maximum Gasteiger partial charge on any atom is 4.00 e. The molecule has 0 radical (unpaired) electrons. The van der Waals surface area contributed by atoms with Gasteiger partial charge >= 0.3 is 103 Å². The minimum absolute atomic E-state index is 0. The van der Waals surface area contributed by atoms with Crippen LogP contribution in [0.25, 0.3) is 10.8 Å². The van der Waals surface area contributed by atoms with Crippen molar-refractivity contribution in [2.75, 3.05) is 0 Å². The molecule has 6 aliphatic rings. The van der Waals surface area contributed by atoms with Crippen LogP contribution in [0.5, 0.6) is 0 Å². The molecule has 6 aliphatic heterocycles. The number of nitrogens with one attached hydrogen (secondary N) is 6. The van der Waals surface area contributed by atoms with Gasteiger partial charge in [0.15, 0.2) is 0 Å². The van der Waals surface area contributed by atoms with Crippen LogP contribution in [0.4, 0.5) is 0 Å². The number of isothiocyanates is 2. The second-order valence-electron chi connectivity index (χ2n) is 7.05. The van der Waals surface area contributed by atoms with Crippen molar-refractivity contribution in [3.05, 3.63) is 50.8 Å². The molecule has 6 rings (SSSR count). The van der Waals surface area contributed by atoms with Crippen LogP contribution in [0.2, 0.25) is 0 Å². The Morgan fingerprint density at radius 2 is 0.545 bits per heavy atom. The van der Waals surface area contributed by atoms with E-state index in [0.717, 1.165) is 0 Å². The summed E-state index contributed by atoms with van der Waals surface area (Å²) in [5.74, 6) is 0. The van der Waals surface area contributed by atoms with Gasteiger partial charge in [-0.25, -0.2) is 33.2 Å². The van der Waals surface area contributed by atoms with Crippen molar-refractivity contribution in [3.63, 3.8) is 0 Å². The Kier molecular flexibility index (Phi) is 81.0. The first-order valence-electron chi connectivity index (χ1n) is 13.2. The third kappa shape index (κ3) is 49.0. The Hall–Kier alpha value is -1.04. The van der Waals surface area contributed by atoms with Gasteiger partial charge in [-0.05, 0) is 0 Å². The summed E-state index contributed by atoms with van der Waals surface area (Å²) in [6, 6.07) is 0. The zero-order valence-electron chi connectivity index (χ0n) is 27.8. The monoisotopic (exact) mass is 1620 g/mol. The molecule has 55 heavy (non-hydrogen) atoms. The standard InChI is InChI=1S/3C3H8.3C2H4N8.2CNS.3CH4.4BrH.3Pt/c3*1-3-2;3*1-3-5-7-9(1)10-2-4-6-8-10;2*2-1-3;;;;;;;;;;/h3*3H2,1-2H3;3*1-2H,(H,3,7)(H,4,8);;;3*1H4;4*1H;;;/q;;;3*-2;2*-1;;;;;;;;3*+4/p-4. The SMILES string of the molecule is C.C.C.CCC.CCC.CCC.[Br][Pt+2][Br].[Br][Pt+2][Br].[CH-]1N=NNN1N1[CH-]N=NN1.[CH-]1N=NNN1N1[CH-]N=NN1.[CH-]1N=NNN1N1[CH-]N=NN1.[N-]=C=S.[N-]=C=S.[Pt+4]. The maximum absolute atomic E-state index is 7.13. The smallest absolute Gasteiger partial charge is 0.753 e. The topological polar surface area (TPSA) is 285 Å². The fourth-order valence-corrected chi connectivity index (χ4v) is 1.66. The molecule has 0 aromatic carbocycles. The number of hydrazine groups is 9. The van der Waals surface area contributed by atoms with Crippen LogP contribution in [0, 0.1) is 40.0 Å². The van der Waals surface area contributed by atoms with Crippen LogP contribution < -0.4 is 33.2 Å². The molecule has 0 saturated carbocycles. The Bertz CT molecular complexity index is 789. The van der Waals surface area contributed by atoms with Crippen molar-refractivity contribution in [2.24, 2.45) is 62.0 Å². The molecule has 0 aliphatic carbocycles. The Labute approximate surface area is 393 Å². The van der Waals surface area contributed by atoms with E-state index in [2.05, 4.69) is 214 Å². The zero-order chi connectivity index (χ0) is 39.4. The van der Waals surface area contributed by atoms with Gasteiger partial charge in [0.2, 0.25) is 0 Å². The van der Waals surface area contributed by atoms with E-state index in [0.29, 0.717) is 0 Å². The van der Waals surface area contributed by atoms with Crippen LogP contribution in [-0.4, -0.2) is 41.0 Å². The molecule has 328 valence electrons. The predicted octanol–water partition coefficient (Wildman–Crippen LogP) is 9.39. The minimum atomic E-state index is 0. The maximum atomic E-state index is 7.13. The third-order valence-corrected chi connectivity index (χ3v) is 2.89. The normalized spacial score (nSPS) is 14.9. The van der Waals surface area contributed by atoms with E-state index in [9.17, 15) is 0 Å². The van der Waals surface area contributed by atoms with Gasteiger partial charge in [-0.1, -0.05) is 139 Å². The average Bonchev–Trinajstić information content (AvgIpc) is 3.96. The van der Waals surface area contributed by atoms with E-state index in [1.165, 1.54) is 100 Å². The second-order valence-corrected chi connectivity index (χ2v) is 27.3. The van der Waals surface area contributed by atoms with Crippen molar-refractivity contribution < 1.29 is 50.0 Å². The molecule has 6 N–H and O–H groups in total. The van der Waals surface area contributed by atoms with Crippen LogP contribution >= 0.6 is 77.6 Å². The van der Waals surface area contributed by atoms with Gasteiger partial charge in [0.25, 0.3) is 0 Å². The minimum Gasteiger partial charge on any atom is -0.753 e. The van der Waals surface area contributed by atoms with Crippen molar-refractivity contribution in [1.29, 1.82) is 0 Å². The van der Waals surface area contributed by atoms with E-state index < -0.39 is 0 Å². The number of rotatable bonds is 3. The quantitative estimate of drug-likeness (QED) is 0.0872. The summed E-state index contributed by atoms with van der Waals surface area (Å²) in [7, 11) is 0. The summed E-state index contributed by atoms with van der Waals surface area (Å²) in [6.07, 6.45) is 3.75. The van der Waals surface area contributed by atoms with Gasteiger partial charge in [-0.3, -0.25) is 30.7 Å². The first-order chi connectivity index (χ1) is 24.8. The number of halogens is 4. The molecule has 26 nitrogen and oxygen atoms in total. The number of nitrogens with zero attached hydrogens (tertiary/aromatic N) is 20. The van der Waals surface area contributed by atoms with Gasteiger partial charge in [0.05, 0.1) is 0 Å². The largest absolute Gasteiger partial charge is 4.00 e. The van der Waals surface area contributed by atoms with E-state index in [1.54, 1.807) is 0 Å². The van der Waals surface area contributed by atoms with Crippen molar-refractivity contribution in [1.82, 2.24) is 63.9 Å². The molecule has 0 atom stereocenters. The van der Waals surface area contributed by atoms with Crippen molar-refractivity contribution in [2.45, 2.75) is 83.1 Å². The molecule has 0 spiro atoms. The zero-order valence-corrected chi connectivity index (χ0v) is 42.6. The molecule has 6 heterocycles. The average molecular weight is 1620 g/mol. The molecular weight excluding hydrogens is 1570 g/mol. The molecule has 35 heteroatoms. The number of hydrogen-bond acceptors (Lipinski definition) is 26. The van der Waals surface area contributed by atoms with Gasteiger partial charge in [0.1, 0.15) is 0 Å².